The van der Waals surface area contributed by atoms with Gasteiger partial charge in [0.25, 0.3) is 0 Å². The van der Waals surface area contributed by atoms with Gasteiger partial charge in [-0.1, -0.05) is 37.1 Å². The highest BCUT2D eigenvalue weighted by Crippen LogP contribution is 2.69. The minimum absolute atomic E-state index is 0.00462. The third-order valence-corrected chi connectivity index (χ3v) is 9.49. The number of carbonyl (C=O) groups is 1. The van der Waals surface area contributed by atoms with Crippen molar-refractivity contribution >= 4 is 6.29 Å². The van der Waals surface area contributed by atoms with Crippen LogP contribution in [0.15, 0.2) is 23.3 Å². The fourth-order valence-electron chi connectivity index (χ4n) is 7.84. The zero-order valence-electron chi connectivity index (χ0n) is 17.2. The van der Waals surface area contributed by atoms with Crippen LogP contribution >= 0.6 is 0 Å². The van der Waals surface area contributed by atoms with Crippen molar-refractivity contribution in [2.24, 2.45) is 28.6 Å². The first-order valence-electron chi connectivity index (χ1n) is 11.2. The van der Waals surface area contributed by atoms with E-state index in [9.17, 15) is 15.0 Å². The summed E-state index contributed by atoms with van der Waals surface area (Å²) in [7, 11) is 0. The summed E-state index contributed by atoms with van der Waals surface area (Å²) in [5.74, 6) is 0.765. The third kappa shape index (κ3) is 2.31. The molecule has 0 radical (unpaired) electrons. The average Bonchev–Trinajstić information content (AvgIpc) is 3.24. The lowest BCUT2D eigenvalue weighted by molar-refractivity contribution is -0.135. The van der Waals surface area contributed by atoms with E-state index in [0.29, 0.717) is 11.8 Å². The Balaban J connectivity index is 1.57. The van der Waals surface area contributed by atoms with Gasteiger partial charge in [0.2, 0.25) is 0 Å². The number of fused-ring (bicyclic) bond motifs is 6. The third-order valence-electron chi connectivity index (χ3n) is 9.49. The second kappa shape index (κ2) is 6.26. The van der Waals surface area contributed by atoms with E-state index in [4.69, 9.17) is 4.74 Å². The molecule has 5 aliphatic rings. The summed E-state index contributed by atoms with van der Waals surface area (Å²) in [6.07, 6.45) is 13.0. The molecule has 5 rings (SSSR count). The van der Waals surface area contributed by atoms with Crippen molar-refractivity contribution in [1.82, 2.24) is 0 Å². The molecule has 1 heterocycles. The summed E-state index contributed by atoms with van der Waals surface area (Å²) in [4.78, 5) is 12.2. The van der Waals surface area contributed by atoms with Gasteiger partial charge in [-0.3, -0.25) is 0 Å². The van der Waals surface area contributed by atoms with Gasteiger partial charge in [0.05, 0.1) is 24.4 Å². The Kier molecular flexibility index (Phi) is 4.25. The second-order valence-electron chi connectivity index (χ2n) is 10.5. The summed E-state index contributed by atoms with van der Waals surface area (Å²) in [5, 5.41) is 19.8. The molecule has 1 aliphatic heterocycles. The molecule has 154 valence electrons. The van der Waals surface area contributed by atoms with Crippen LogP contribution in [0.4, 0.5) is 0 Å². The fourth-order valence-corrected chi connectivity index (χ4v) is 7.84. The molecule has 0 amide bonds. The molecule has 2 N–H and O–H groups in total. The van der Waals surface area contributed by atoms with Crippen LogP contribution < -0.4 is 0 Å². The summed E-state index contributed by atoms with van der Waals surface area (Å²) in [5.41, 5.74) is 2.65. The van der Waals surface area contributed by atoms with E-state index in [0.717, 1.165) is 51.4 Å². The number of hydrogen-bond donors (Lipinski definition) is 2. The number of rotatable bonds is 2. The Morgan fingerprint density at radius 3 is 2.71 bits per heavy atom. The minimum Gasteiger partial charge on any atom is -0.394 e. The van der Waals surface area contributed by atoms with E-state index in [1.54, 1.807) is 0 Å². The van der Waals surface area contributed by atoms with Crippen LogP contribution in [0.25, 0.3) is 0 Å². The van der Waals surface area contributed by atoms with Gasteiger partial charge in [-0.15, -0.1) is 0 Å². The van der Waals surface area contributed by atoms with Gasteiger partial charge in [-0.2, -0.15) is 0 Å². The lowest BCUT2D eigenvalue weighted by Gasteiger charge is -2.57. The lowest BCUT2D eigenvalue weighted by Crippen LogP contribution is -2.53. The molecule has 2 saturated carbocycles. The summed E-state index contributed by atoms with van der Waals surface area (Å²) in [6.45, 7) is 4.84. The normalized spacial score (nSPS) is 52.5. The molecule has 8 atom stereocenters. The topological polar surface area (TPSA) is 66.8 Å². The molecule has 4 heteroatoms. The van der Waals surface area contributed by atoms with Crippen molar-refractivity contribution in [3.63, 3.8) is 0 Å². The quantitative estimate of drug-likeness (QED) is 0.562. The van der Waals surface area contributed by atoms with Crippen LogP contribution in [0.1, 0.15) is 65.2 Å². The van der Waals surface area contributed by atoms with Gasteiger partial charge >= 0.3 is 0 Å². The summed E-state index contributed by atoms with van der Waals surface area (Å²) in [6, 6.07) is 0. The van der Waals surface area contributed by atoms with Gasteiger partial charge in [0, 0.05) is 16.7 Å². The SMILES string of the molecule is C[C@]12CCC(O)C=C1C[C@@H](C=O)C1C2=CC[C@@]2(C)C1CC[C@@]21CCC(CO)O1. The molecule has 4 aliphatic carbocycles. The van der Waals surface area contributed by atoms with Crippen LogP contribution in [0.5, 0.6) is 0 Å². The maximum absolute atomic E-state index is 12.2. The lowest BCUT2D eigenvalue weighted by atomic mass is 9.48. The number of allylic oxidation sites excluding steroid dienone is 3. The number of aliphatic hydroxyl groups excluding tert-OH is 2. The van der Waals surface area contributed by atoms with Crippen molar-refractivity contribution in [3.05, 3.63) is 23.3 Å². The Morgan fingerprint density at radius 1 is 1.21 bits per heavy atom. The maximum atomic E-state index is 12.2. The molecule has 4 nitrogen and oxygen atoms in total. The van der Waals surface area contributed by atoms with E-state index in [1.807, 2.05) is 6.08 Å². The van der Waals surface area contributed by atoms with Crippen LogP contribution in [0, 0.1) is 28.6 Å². The molecular weight excluding hydrogens is 352 g/mol. The number of aldehydes is 1. The highest BCUT2D eigenvalue weighted by molar-refractivity contribution is 5.60. The molecule has 0 aromatic carbocycles. The fraction of sp³-hybridized carbons (Fsp3) is 0.792. The Bertz CT molecular complexity index is 741. The molecule has 28 heavy (non-hydrogen) atoms. The van der Waals surface area contributed by atoms with Gasteiger partial charge in [0.15, 0.2) is 0 Å². The monoisotopic (exact) mass is 386 g/mol. The highest BCUT2D eigenvalue weighted by Gasteiger charge is 2.65. The van der Waals surface area contributed by atoms with Crippen LogP contribution in [0.3, 0.4) is 0 Å². The van der Waals surface area contributed by atoms with Gasteiger partial charge in [0.1, 0.15) is 6.29 Å². The van der Waals surface area contributed by atoms with Crippen LogP contribution in [0.2, 0.25) is 0 Å². The molecule has 1 saturated heterocycles. The van der Waals surface area contributed by atoms with Crippen molar-refractivity contribution in [1.29, 1.82) is 0 Å². The number of aliphatic hydroxyl groups is 2. The second-order valence-corrected chi connectivity index (χ2v) is 10.5. The van der Waals surface area contributed by atoms with Crippen LogP contribution in [-0.4, -0.2) is 40.9 Å². The summed E-state index contributed by atoms with van der Waals surface area (Å²) >= 11 is 0. The minimum atomic E-state index is -0.363. The molecule has 0 bridgehead atoms. The van der Waals surface area contributed by atoms with Crippen molar-refractivity contribution in [3.8, 4) is 0 Å². The molecule has 0 aromatic rings. The summed E-state index contributed by atoms with van der Waals surface area (Å²) < 4.78 is 6.51. The predicted molar refractivity (Wildman–Crippen MR) is 107 cm³/mol. The van der Waals surface area contributed by atoms with Gasteiger partial charge in [-0.05, 0) is 63.2 Å². The van der Waals surface area contributed by atoms with E-state index < -0.39 is 0 Å². The van der Waals surface area contributed by atoms with E-state index in [-0.39, 0.29) is 41.2 Å². The maximum Gasteiger partial charge on any atom is 0.124 e. The van der Waals surface area contributed by atoms with Crippen molar-refractivity contribution < 1.29 is 19.7 Å². The Morgan fingerprint density at radius 2 is 2.00 bits per heavy atom. The van der Waals surface area contributed by atoms with E-state index >= 15 is 0 Å². The first-order valence-corrected chi connectivity index (χ1v) is 11.2. The zero-order chi connectivity index (χ0) is 19.7. The van der Waals surface area contributed by atoms with Crippen molar-refractivity contribution in [2.45, 2.75) is 83.0 Å². The van der Waals surface area contributed by atoms with E-state index in [2.05, 4.69) is 19.9 Å². The standard InChI is InChI=1S/C24H34O4/c1-22-7-3-17(27)12-16(22)11-15(13-25)21-19(22)5-8-23(2)20(21)6-10-24(23)9-4-18(14-26)28-24/h5,12-13,15,17-18,20-21,26-27H,3-4,6-11,14H2,1-2H3/t15-,17?,18?,20?,21?,22-,23-,24-/m0/s1. The highest BCUT2D eigenvalue weighted by atomic mass is 16.5. The Labute approximate surface area is 168 Å². The predicted octanol–water partition coefficient (Wildman–Crippen LogP) is 3.57. The average molecular weight is 387 g/mol. The molecule has 0 aromatic heterocycles. The molecular formula is C24H34O4. The number of ether oxygens (including phenoxy) is 1. The first-order chi connectivity index (χ1) is 13.4. The molecule has 4 unspecified atom stereocenters. The van der Waals surface area contributed by atoms with Gasteiger partial charge < -0.3 is 19.7 Å². The first kappa shape index (κ1) is 19.0. The smallest absolute Gasteiger partial charge is 0.124 e. The van der Waals surface area contributed by atoms with Crippen molar-refractivity contribution in [2.75, 3.05) is 6.61 Å². The number of carbonyl (C=O) groups excluding carboxylic acids is 1. The molecule has 1 spiro atoms. The largest absolute Gasteiger partial charge is 0.394 e. The van der Waals surface area contributed by atoms with Crippen LogP contribution in [-0.2, 0) is 9.53 Å². The Hall–Kier alpha value is -0.970. The van der Waals surface area contributed by atoms with Gasteiger partial charge in [-0.25, -0.2) is 0 Å². The molecule has 3 fully saturated rings. The zero-order valence-corrected chi connectivity index (χ0v) is 17.2. The number of hydrogen-bond acceptors (Lipinski definition) is 4. The van der Waals surface area contributed by atoms with E-state index in [1.165, 1.54) is 17.4 Å².